The highest BCUT2D eigenvalue weighted by atomic mass is 16.5. The van der Waals surface area contributed by atoms with E-state index in [2.05, 4.69) is 5.32 Å². The van der Waals surface area contributed by atoms with Gasteiger partial charge in [-0.3, -0.25) is 0 Å². The van der Waals surface area contributed by atoms with E-state index in [-0.39, 0.29) is 11.0 Å². The first-order valence-corrected chi connectivity index (χ1v) is 9.19. The fraction of sp³-hybridized carbons (Fsp3) is 0.130. The molecule has 156 valence electrons. The van der Waals surface area contributed by atoms with E-state index in [1.165, 1.54) is 0 Å². The summed E-state index contributed by atoms with van der Waals surface area (Å²) in [5, 5.41) is 14.7. The smallest absolute Gasteiger partial charge is 0.344 e. The van der Waals surface area contributed by atoms with Crippen LogP contribution in [0.15, 0.2) is 72.8 Å². The Morgan fingerprint density at radius 3 is 1.97 bits per heavy atom. The molecule has 3 aromatic carbocycles. The van der Waals surface area contributed by atoms with Gasteiger partial charge in [-0.1, -0.05) is 43.3 Å². The molecule has 0 fully saturated rings. The van der Waals surface area contributed by atoms with Gasteiger partial charge in [0, 0.05) is 16.5 Å². The van der Waals surface area contributed by atoms with E-state index in [0.29, 0.717) is 12.2 Å². The van der Waals surface area contributed by atoms with E-state index >= 15 is 0 Å². The van der Waals surface area contributed by atoms with Gasteiger partial charge in [0.2, 0.25) is 0 Å². The van der Waals surface area contributed by atoms with Crippen molar-refractivity contribution in [3.8, 4) is 5.75 Å². The van der Waals surface area contributed by atoms with Gasteiger partial charge in [0.15, 0.2) is 6.10 Å². The maximum absolute atomic E-state index is 11.1. The summed E-state index contributed by atoms with van der Waals surface area (Å²) in [6, 6.07) is 23.4. The Morgan fingerprint density at radius 2 is 1.47 bits per heavy atom. The number of benzene rings is 3. The van der Waals surface area contributed by atoms with Crippen molar-refractivity contribution in [2.45, 2.75) is 19.4 Å². The number of pyridine rings is 1. The number of carboxylic acids is 1. The quantitative estimate of drug-likeness (QED) is 0.469. The van der Waals surface area contributed by atoms with Crippen LogP contribution < -0.4 is 10.1 Å². The molecule has 0 aliphatic rings. The van der Waals surface area contributed by atoms with Gasteiger partial charge < -0.3 is 26.1 Å². The van der Waals surface area contributed by atoms with Crippen molar-refractivity contribution in [1.29, 1.82) is 0 Å². The molecule has 7 nitrogen and oxygen atoms in total. The number of anilines is 2. The van der Waals surface area contributed by atoms with Crippen LogP contribution in [0.5, 0.6) is 5.75 Å². The molecule has 1 unspecified atom stereocenters. The molecular formula is C23H24N2O5. The molecule has 0 aliphatic carbocycles. The number of nitrogens with one attached hydrogen (secondary N) is 1. The van der Waals surface area contributed by atoms with Crippen molar-refractivity contribution >= 4 is 39.1 Å². The van der Waals surface area contributed by atoms with Crippen LogP contribution >= 0.6 is 0 Å². The molecule has 0 bridgehead atoms. The van der Waals surface area contributed by atoms with E-state index in [4.69, 9.17) is 14.8 Å². The lowest BCUT2D eigenvalue weighted by Gasteiger charge is -2.15. The van der Waals surface area contributed by atoms with Crippen molar-refractivity contribution in [2.24, 2.45) is 0 Å². The van der Waals surface area contributed by atoms with E-state index in [9.17, 15) is 4.79 Å². The summed E-state index contributed by atoms with van der Waals surface area (Å²) >= 11 is 0. The number of ether oxygens (including phenoxy) is 1. The summed E-state index contributed by atoms with van der Waals surface area (Å²) in [6.45, 7) is 1.79. The van der Waals surface area contributed by atoms with E-state index in [1.807, 2.05) is 60.7 Å². The van der Waals surface area contributed by atoms with Gasteiger partial charge in [0.1, 0.15) is 5.75 Å². The minimum absolute atomic E-state index is 0. The normalized spacial score (nSPS) is 11.2. The number of para-hydroxylation sites is 2. The van der Waals surface area contributed by atoms with Crippen LogP contribution in [0.25, 0.3) is 21.8 Å². The van der Waals surface area contributed by atoms with Crippen LogP contribution in [0.1, 0.15) is 13.3 Å². The van der Waals surface area contributed by atoms with Crippen molar-refractivity contribution in [3.63, 3.8) is 0 Å². The average Bonchev–Trinajstić information content (AvgIpc) is 2.72. The maximum atomic E-state index is 11.1. The van der Waals surface area contributed by atoms with Crippen LogP contribution in [-0.4, -0.2) is 33.1 Å². The second-order valence-electron chi connectivity index (χ2n) is 6.52. The van der Waals surface area contributed by atoms with Gasteiger partial charge in [0.25, 0.3) is 0 Å². The largest absolute Gasteiger partial charge is 0.479 e. The second kappa shape index (κ2) is 9.69. The number of carboxylic acid groups (broad SMARTS) is 1. The summed E-state index contributed by atoms with van der Waals surface area (Å²) < 4.78 is 5.53. The Bertz CT molecular complexity index is 1090. The van der Waals surface area contributed by atoms with Crippen LogP contribution in [0.3, 0.4) is 0 Å². The topological polar surface area (TPSA) is 134 Å². The standard InChI is InChI=1S/C23H20N2O3.2H2O/c1-2-21(23(26)27)28-16-13-11-15(12-14-16)24-22-17-7-3-5-9-19(17)25-20-10-6-4-8-18(20)22;;/h3-14,21H,2H2,1H3,(H,24,25)(H,26,27);2*1H2. The lowest BCUT2D eigenvalue weighted by molar-refractivity contribution is -0.145. The Hall–Kier alpha value is -3.68. The summed E-state index contributed by atoms with van der Waals surface area (Å²) in [5.41, 5.74) is 3.73. The third-order valence-corrected chi connectivity index (χ3v) is 4.64. The molecule has 0 amide bonds. The van der Waals surface area contributed by atoms with E-state index in [1.54, 1.807) is 19.1 Å². The molecule has 4 rings (SSSR count). The van der Waals surface area contributed by atoms with Gasteiger partial charge >= 0.3 is 5.97 Å². The Kier molecular flexibility index (Phi) is 7.30. The summed E-state index contributed by atoms with van der Waals surface area (Å²) in [7, 11) is 0. The number of nitrogens with zero attached hydrogens (tertiary/aromatic N) is 1. The summed E-state index contributed by atoms with van der Waals surface area (Å²) in [6.07, 6.45) is -0.434. The van der Waals surface area contributed by atoms with Crippen molar-refractivity contribution in [3.05, 3.63) is 72.8 Å². The highest BCUT2D eigenvalue weighted by Crippen LogP contribution is 2.33. The molecule has 0 spiro atoms. The van der Waals surface area contributed by atoms with Crippen LogP contribution in [-0.2, 0) is 4.79 Å². The first-order chi connectivity index (χ1) is 13.7. The van der Waals surface area contributed by atoms with Crippen LogP contribution in [0.4, 0.5) is 11.4 Å². The molecule has 1 aromatic heterocycles. The predicted octanol–water partition coefficient (Wildman–Crippen LogP) is 3.72. The summed E-state index contributed by atoms with van der Waals surface area (Å²) in [4.78, 5) is 15.9. The molecule has 0 aliphatic heterocycles. The van der Waals surface area contributed by atoms with E-state index < -0.39 is 12.1 Å². The zero-order chi connectivity index (χ0) is 19.5. The minimum atomic E-state index is -0.959. The number of aliphatic carboxylic acids is 1. The van der Waals surface area contributed by atoms with Gasteiger partial charge in [-0.2, -0.15) is 0 Å². The van der Waals surface area contributed by atoms with Gasteiger partial charge in [0.05, 0.1) is 16.7 Å². The van der Waals surface area contributed by atoms with Gasteiger partial charge in [-0.25, -0.2) is 9.78 Å². The van der Waals surface area contributed by atoms with Crippen molar-refractivity contribution in [1.82, 2.24) is 4.98 Å². The predicted molar refractivity (Wildman–Crippen MR) is 119 cm³/mol. The Balaban J connectivity index is 0.00000160. The fourth-order valence-corrected chi connectivity index (χ4v) is 3.21. The molecule has 0 radical (unpaired) electrons. The molecule has 6 N–H and O–H groups in total. The highest BCUT2D eigenvalue weighted by Gasteiger charge is 2.16. The molecule has 1 atom stereocenters. The van der Waals surface area contributed by atoms with Crippen molar-refractivity contribution < 1.29 is 25.6 Å². The molecule has 0 saturated carbocycles. The monoisotopic (exact) mass is 408 g/mol. The lowest BCUT2D eigenvalue weighted by atomic mass is 10.1. The average molecular weight is 408 g/mol. The van der Waals surface area contributed by atoms with Crippen LogP contribution in [0, 0.1) is 0 Å². The third-order valence-electron chi connectivity index (χ3n) is 4.64. The first kappa shape index (κ1) is 22.6. The molecule has 30 heavy (non-hydrogen) atoms. The Labute approximate surface area is 173 Å². The van der Waals surface area contributed by atoms with Gasteiger partial charge in [-0.05, 0) is 42.8 Å². The number of hydrogen-bond acceptors (Lipinski definition) is 4. The number of fused-ring (bicyclic) bond motifs is 2. The second-order valence-corrected chi connectivity index (χ2v) is 6.52. The highest BCUT2D eigenvalue weighted by molar-refractivity contribution is 6.08. The van der Waals surface area contributed by atoms with Crippen LogP contribution in [0.2, 0.25) is 0 Å². The number of hydrogen-bond donors (Lipinski definition) is 2. The van der Waals surface area contributed by atoms with Crippen molar-refractivity contribution in [2.75, 3.05) is 5.32 Å². The number of rotatable bonds is 6. The van der Waals surface area contributed by atoms with E-state index in [0.717, 1.165) is 33.2 Å². The zero-order valence-electron chi connectivity index (χ0n) is 16.4. The Morgan fingerprint density at radius 1 is 0.933 bits per heavy atom. The number of aromatic nitrogens is 1. The zero-order valence-corrected chi connectivity index (χ0v) is 16.4. The third kappa shape index (κ3) is 4.48. The lowest BCUT2D eigenvalue weighted by Crippen LogP contribution is -2.25. The SMILES string of the molecule is CCC(Oc1ccc(Nc2c3ccccc3nc3ccccc23)cc1)C(=O)O.O.O. The molecule has 1 heterocycles. The molecule has 7 heteroatoms. The van der Waals surface area contributed by atoms with Gasteiger partial charge in [-0.15, -0.1) is 0 Å². The fourth-order valence-electron chi connectivity index (χ4n) is 3.21. The minimum Gasteiger partial charge on any atom is -0.479 e. The summed E-state index contributed by atoms with van der Waals surface area (Å²) in [5.74, 6) is -0.427. The first-order valence-electron chi connectivity index (χ1n) is 9.19. The molecule has 4 aromatic rings. The maximum Gasteiger partial charge on any atom is 0.344 e. The molecular weight excluding hydrogens is 384 g/mol. The number of carbonyl (C=O) groups is 1. The molecule has 0 saturated heterocycles.